The summed E-state index contributed by atoms with van der Waals surface area (Å²) >= 11 is 5.99. The zero-order chi connectivity index (χ0) is 18.1. The molecule has 0 fully saturated rings. The van der Waals surface area contributed by atoms with Gasteiger partial charge in [-0.05, 0) is 58.3 Å². The van der Waals surface area contributed by atoms with Gasteiger partial charge in [0.25, 0.3) is 0 Å². The molecular weight excluding hydrogens is 344 g/mol. The van der Waals surface area contributed by atoms with Gasteiger partial charge in [-0.15, -0.1) is 0 Å². The van der Waals surface area contributed by atoms with Crippen LogP contribution in [0.4, 0.5) is 0 Å². The van der Waals surface area contributed by atoms with E-state index in [1.165, 1.54) is 6.07 Å². The number of benzene rings is 4. The number of aromatic hydroxyl groups is 1. The van der Waals surface area contributed by atoms with E-state index in [0.717, 1.165) is 21.9 Å². The zero-order valence-electron chi connectivity index (χ0n) is 13.8. The van der Waals surface area contributed by atoms with Crippen molar-refractivity contribution >= 4 is 28.2 Å². The number of halogens is 1. The highest BCUT2D eigenvalue weighted by atomic mass is 35.5. The summed E-state index contributed by atoms with van der Waals surface area (Å²) in [5, 5.41) is 12.3. The number of phenols is 1. The van der Waals surface area contributed by atoms with Gasteiger partial charge in [0.1, 0.15) is 5.75 Å². The monoisotopic (exact) mass is 358 g/mol. The van der Waals surface area contributed by atoms with E-state index in [4.69, 9.17) is 11.6 Å². The molecule has 0 aliphatic rings. The van der Waals surface area contributed by atoms with E-state index in [1.807, 2.05) is 54.6 Å². The van der Waals surface area contributed by atoms with Crippen LogP contribution in [0.1, 0.15) is 15.9 Å². The fraction of sp³-hybridized carbons (Fsp3) is 0. The van der Waals surface area contributed by atoms with Crippen molar-refractivity contribution in [2.24, 2.45) is 0 Å². The second kappa shape index (κ2) is 6.66. The summed E-state index contributed by atoms with van der Waals surface area (Å²) in [4.78, 5) is 13.1. The molecular formula is C23H15ClO2. The predicted molar refractivity (Wildman–Crippen MR) is 106 cm³/mol. The first-order valence-electron chi connectivity index (χ1n) is 8.24. The van der Waals surface area contributed by atoms with Gasteiger partial charge in [0, 0.05) is 16.1 Å². The molecule has 126 valence electrons. The molecule has 0 aliphatic carbocycles. The van der Waals surface area contributed by atoms with Gasteiger partial charge in [0.15, 0.2) is 5.78 Å². The first-order valence-corrected chi connectivity index (χ1v) is 8.62. The van der Waals surface area contributed by atoms with Gasteiger partial charge < -0.3 is 5.11 Å². The molecule has 0 heterocycles. The maximum Gasteiger partial charge on any atom is 0.193 e. The molecule has 2 nitrogen and oxygen atoms in total. The van der Waals surface area contributed by atoms with E-state index < -0.39 is 0 Å². The van der Waals surface area contributed by atoms with Crippen molar-refractivity contribution in [3.05, 3.63) is 101 Å². The third-order valence-corrected chi connectivity index (χ3v) is 4.64. The van der Waals surface area contributed by atoms with Crippen molar-refractivity contribution in [3.8, 4) is 16.9 Å². The van der Waals surface area contributed by atoms with Crippen LogP contribution < -0.4 is 0 Å². The standard InChI is InChI=1S/C23H15ClO2/c24-19-10-8-15(9-11-19)18-12-16-4-1-2-7-21(16)22(14-18)23(26)17-5-3-6-20(25)13-17/h1-14,25H. The number of hydrogen-bond donors (Lipinski definition) is 1. The number of hydrogen-bond acceptors (Lipinski definition) is 2. The molecule has 4 aromatic carbocycles. The number of fused-ring (bicyclic) bond motifs is 1. The van der Waals surface area contributed by atoms with Crippen LogP contribution in [-0.4, -0.2) is 10.9 Å². The topological polar surface area (TPSA) is 37.3 Å². The lowest BCUT2D eigenvalue weighted by Crippen LogP contribution is -2.02. The number of carbonyl (C=O) groups excluding carboxylic acids is 1. The minimum Gasteiger partial charge on any atom is -0.508 e. The number of ketones is 1. The second-order valence-corrected chi connectivity index (χ2v) is 6.57. The average molecular weight is 359 g/mol. The lowest BCUT2D eigenvalue weighted by Gasteiger charge is -2.11. The Balaban J connectivity index is 1.92. The Kier molecular flexibility index (Phi) is 4.19. The summed E-state index contributed by atoms with van der Waals surface area (Å²) in [6, 6.07) is 25.8. The Labute approximate surface area is 156 Å². The summed E-state index contributed by atoms with van der Waals surface area (Å²) in [6.45, 7) is 0. The largest absolute Gasteiger partial charge is 0.508 e. The Hall–Kier alpha value is -3.10. The van der Waals surface area contributed by atoms with Crippen molar-refractivity contribution in [1.82, 2.24) is 0 Å². The van der Waals surface area contributed by atoms with Crippen LogP contribution >= 0.6 is 11.6 Å². The molecule has 0 radical (unpaired) electrons. The third kappa shape index (κ3) is 3.07. The smallest absolute Gasteiger partial charge is 0.193 e. The molecule has 26 heavy (non-hydrogen) atoms. The van der Waals surface area contributed by atoms with Crippen LogP contribution in [0.3, 0.4) is 0 Å². The predicted octanol–water partition coefficient (Wildman–Crippen LogP) is 6.10. The maximum atomic E-state index is 13.1. The summed E-state index contributed by atoms with van der Waals surface area (Å²) in [7, 11) is 0. The summed E-state index contributed by atoms with van der Waals surface area (Å²) in [5.41, 5.74) is 3.01. The molecule has 4 rings (SSSR count). The van der Waals surface area contributed by atoms with Crippen LogP contribution in [0, 0.1) is 0 Å². The van der Waals surface area contributed by atoms with Gasteiger partial charge in [0.05, 0.1) is 0 Å². The average Bonchev–Trinajstić information content (AvgIpc) is 2.67. The Morgan fingerprint density at radius 2 is 1.54 bits per heavy atom. The van der Waals surface area contributed by atoms with Gasteiger partial charge >= 0.3 is 0 Å². The zero-order valence-corrected chi connectivity index (χ0v) is 14.6. The molecule has 0 bridgehead atoms. The SMILES string of the molecule is O=C(c1cccc(O)c1)c1cc(-c2ccc(Cl)cc2)cc2ccccc12. The van der Waals surface area contributed by atoms with Gasteiger partial charge in [-0.3, -0.25) is 4.79 Å². The van der Waals surface area contributed by atoms with Gasteiger partial charge in [-0.1, -0.05) is 60.1 Å². The third-order valence-electron chi connectivity index (χ3n) is 4.39. The summed E-state index contributed by atoms with van der Waals surface area (Å²) in [5.74, 6) is -0.0399. The molecule has 0 atom stereocenters. The Morgan fingerprint density at radius 3 is 2.31 bits per heavy atom. The van der Waals surface area contributed by atoms with E-state index in [2.05, 4.69) is 6.07 Å². The lowest BCUT2D eigenvalue weighted by atomic mass is 9.92. The van der Waals surface area contributed by atoms with E-state index in [-0.39, 0.29) is 11.5 Å². The molecule has 0 saturated heterocycles. The van der Waals surface area contributed by atoms with Crippen molar-refractivity contribution in [3.63, 3.8) is 0 Å². The van der Waals surface area contributed by atoms with E-state index in [9.17, 15) is 9.90 Å². The van der Waals surface area contributed by atoms with Crippen LogP contribution in [0.2, 0.25) is 5.02 Å². The Bertz CT molecular complexity index is 1110. The first-order chi connectivity index (χ1) is 12.6. The molecule has 0 aromatic heterocycles. The quantitative estimate of drug-likeness (QED) is 0.449. The number of rotatable bonds is 3. The normalized spacial score (nSPS) is 10.8. The first kappa shape index (κ1) is 16.4. The number of phenolic OH excluding ortho intramolecular Hbond substituents is 1. The summed E-state index contributed by atoms with van der Waals surface area (Å²) < 4.78 is 0. The van der Waals surface area contributed by atoms with Crippen LogP contribution in [0.25, 0.3) is 21.9 Å². The van der Waals surface area contributed by atoms with E-state index in [1.54, 1.807) is 18.2 Å². The van der Waals surface area contributed by atoms with Crippen molar-refractivity contribution in [2.45, 2.75) is 0 Å². The minimum absolute atomic E-state index is 0.0778. The lowest BCUT2D eigenvalue weighted by molar-refractivity contribution is 0.104. The van der Waals surface area contributed by atoms with Crippen molar-refractivity contribution in [2.75, 3.05) is 0 Å². The second-order valence-electron chi connectivity index (χ2n) is 6.13. The van der Waals surface area contributed by atoms with Gasteiger partial charge in [-0.25, -0.2) is 0 Å². The van der Waals surface area contributed by atoms with E-state index in [0.29, 0.717) is 16.1 Å². The van der Waals surface area contributed by atoms with Gasteiger partial charge in [0.2, 0.25) is 0 Å². The van der Waals surface area contributed by atoms with Crippen LogP contribution in [0.5, 0.6) is 5.75 Å². The minimum atomic E-state index is -0.118. The highest BCUT2D eigenvalue weighted by Crippen LogP contribution is 2.30. The van der Waals surface area contributed by atoms with Gasteiger partial charge in [-0.2, -0.15) is 0 Å². The molecule has 1 N–H and O–H groups in total. The maximum absolute atomic E-state index is 13.1. The highest BCUT2D eigenvalue weighted by Gasteiger charge is 2.15. The highest BCUT2D eigenvalue weighted by molar-refractivity contribution is 6.30. The Morgan fingerprint density at radius 1 is 0.769 bits per heavy atom. The van der Waals surface area contributed by atoms with Crippen molar-refractivity contribution < 1.29 is 9.90 Å². The number of carbonyl (C=O) groups is 1. The molecule has 4 aromatic rings. The van der Waals surface area contributed by atoms with Crippen molar-refractivity contribution in [1.29, 1.82) is 0 Å². The fourth-order valence-corrected chi connectivity index (χ4v) is 3.24. The molecule has 0 saturated carbocycles. The van der Waals surface area contributed by atoms with E-state index >= 15 is 0 Å². The molecule has 0 amide bonds. The van der Waals surface area contributed by atoms with Crippen LogP contribution in [-0.2, 0) is 0 Å². The molecule has 0 aliphatic heterocycles. The molecule has 0 unspecified atom stereocenters. The fourth-order valence-electron chi connectivity index (χ4n) is 3.11. The molecule has 0 spiro atoms. The molecule has 3 heteroatoms. The summed E-state index contributed by atoms with van der Waals surface area (Å²) in [6.07, 6.45) is 0. The van der Waals surface area contributed by atoms with Crippen LogP contribution in [0.15, 0.2) is 84.9 Å².